The summed E-state index contributed by atoms with van der Waals surface area (Å²) in [4.78, 5) is 11.9. The van der Waals surface area contributed by atoms with Crippen LogP contribution in [0.25, 0.3) is 0 Å². The predicted octanol–water partition coefficient (Wildman–Crippen LogP) is 2.41. The fourth-order valence-corrected chi connectivity index (χ4v) is 1.85. The van der Waals surface area contributed by atoms with Crippen molar-refractivity contribution in [3.63, 3.8) is 0 Å². The van der Waals surface area contributed by atoms with Crippen LogP contribution in [0.1, 0.15) is 21.6 Å². The van der Waals surface area contributed by atoms with Crippen molar-refractivity contribution >= 4 is 21.8 Å². The van der Waals surface area contributed by atoms with Crippen LogP contribution >= 0.6 is 15.9 Å². The maximum atomic E-state index is 11.9. The van der Waals surface area contributed by atoms with E-state index in [4.69, 9.17) is 0 Å². The van der Waals surface area contributed by atoms with Crippen LogP contribution in [0.5, 0.6) is 0 Å². The van der Waals surface area contributed by atoms with Gasteiger partial charge in [0.05, 0.1) is 12.2 Å². The largest absolute Gasteiger partial charge is 0.346 e. The molecule has 5 heteroatoms. The summed E-state index contributed by atoms with van der Waals surface area (Å²) in [6, 6.07) is 7.47. The van der Waals surface area contributed by atoms with Crippen LogP contribution in [-0.4, -0.2) is 16.1 Å². The fraction of sp³-hybridized carbons (Fsp3) is 0.167. The Morgan fingerprint density at radius 2 is 2.29 bits per heavy atom. The number of carbonyl (C=O) groups excluding carboxylic acids is 1. The minimum Gasteiger partial charge on any atom is -0.346 e. The van der Waals surface area contributed by atoms with E-state index in [1.807, 2.05) is 31.2 Å². The van der Waals surface area contributed by atoms with E-state index in [1.165, 1.54) is 0 Å². The number of halogens is 1. The van der Waals surface area contributed by atoms with Crippen LogP contribution in [0.15, 0.2) is 34.9 Å². The van der Waals surface area contributed by atoms with E-state index in [9.17, 15) is 4.79 Å². The lowest BCUT2D eigenvalue weighted by Gasteiger charge is -2.07. The maximum absolute atomic E-state index is 11.9. The average Bonchev–Trinajstić information content (AvgIpc) is 2.82. The van der Waals surface area contributed by atoms with Crippen molar-refractivity contribution in [2.24, 2.45) is 0 Å². The first-order valence-electron chi connectivity index (χ1n) is 5.19. The van der Waals surface area contributed by atoms with Gasteiger partial charge in [-0.1, -0.05) is 22.0 Å². The number of aryl methyl sites for hydroxylation is 1. The highest BCUT2D eigenvalue weighted by Gasteiger charge is 2.09. The molecule has 1 amide bonds. The molecule has 2 aromatic rings. The van der Waals surface area contributed by atoms with Crippen LogP contribution < -0.4 is 5.32 Å². The third kappa shape index (κ3) is 2.94. The average molecular weight is 294 g/mol. The molecule has 0 bridgehead atoms. The molecule has 0 aliphatic carbocycles. The van der Waals surface area contributed by atoms with Gasteiger partial charge in [-0.15, -0.1) is 0 Å². The van der Waals surface area contributed by atoms with Gasteiger partial charge < -0.3 is 5.32 Å². The first-order chi connectivity index (χ1) is 8.16. The summed E-state index contributed by atoms with van der Waals surface area (Å²) in [6.07, 6.45) is 1.66. The SMILES string of the molecule is Cc1ccc(Br)cc1C(=O)NCc1ccn[nH]1. The molecular weight excluding hydrogens is 282 g/mol. The van der Waals surface area contributed by atoms with Gasteiger partial charge in [-0.05, 0) is 30.7 Å². The second-order valence-corrected chi connectivity index (χ2v) is 4.64. The number of aromatic nitrogens is 2. The monoisotopic (exact) mass is 293 g/mol. The van der Waals surface area contributed by atoms with E-state index in [1.54, 1.807) is 6.20 Å². The first-order valence-corrected chi connectivity index (χ1v) is 5.99. The van der Waals surface area contributed by atoms with Gasteiger partial charge in [-0.25, -0.2) is 0 Å². The topological polar surface area (TPSA) is 57.8 Å². The summed E-state index contributed by atoms with van der Waals surface area (Å²) in [5.41, 5.74) is 2.51. The van der Waals surface area contributed by atoms with Crippen LogP contribution in [0.2, 0.25) is 0 Å². The van der Waals surface area contributed by atoms with Crippen molar-refractivity contribution in [2.75, 3.05) is 0 Å². The Bertz CT molecular complexity index is 523. The van der Waals surface area contributed by atoms with E-state index in [2.05, 4.69) is 31.4 Å². The van der Waals surface area contributed by atoms with Crippen molar-refractivity contribution < 1.29 is 4.79 Å². The molecule has 0 saturated carbocycles. The third-order valence-corrected chi connectivity index (χ3v) is 2.94. The molecule has 1 aromatic heterocycles. The van der Waals surface area contributed by atoms with Gasteiger partial charge >= 0.3 is 0 Å². The number of nitrogens with zero attached hydrogens (tertiary/aromatic N) is 1. The lowest BCUT2D eigenvalue weighted by atomic mass is 10.1. The molecule has 2 N–H and O–H groups in total. The highest BCUT2D eigenvalue weighted by atomic mass is 79.9. The molecule has 0 saturated heterocycles. The lowest BCUT2D eigenvalue weighted by molar-refractivity contribution is 0.0949. The normalized spacial score (nSPS) is 10.2. The summed E-state index contributed by atoms with van der Waals surface area (Å²) in [5, 5.41) is 9.46. The highest BCUT2D eigenvalue weighted by Crippen LogP contribution is 2.15. The fourth-order valence-electron chi connectivity index (χ4n) is 1.49. The van der Waals surface area contributed by atoms with Crippen molar-refractivity contribution in [1.82, 2.24) is 15.5 Å². The Morgan fingerprint density at radius 1 is 1.47 bits per heavy atom. The van der Waals surface area contributed by atoms with Crippen LogP contribution in [0.4, 0.5) is 0 Å². The molecule has 2 rings (SSSR count). The predicted molar refractivity (Wildman–Crippen MR) is 68.6 cm³/mol. The summed E-state index contributed by atoms with van der Waals surface area (Å²) in [5.74, 6) is -0.0848. The molecule has 1 aromatic carbocycles. The van der Waals surface area contributed by atoms with Gasteiger partial charge in [0.1, 0.15) is 0 Å². The molecule has 0 fully saturated rings. The van der Waals surface area contributed by atoms with Gasteiger partial charge in [0.2, 0.25) is 0 Å². The summed E-state index contributed by atoms with van der Waals surface area (Å²) < 4.78 is 0.898. The molecule has 17 heavy (non-hydrogen) atoms. The first kappa shape index (κ1) is 11.9. The van der Waals surface area contributed by atoms with Crippen molar-refractivity contribution in [1.29, 1.82) is 0 Å². The number of H-pyrrole nitrogens is 1. The highest BCUT2D eigenvalue weighted by molar-refractivity contribution is 9.10. The van der Waals surface area contributed by atoms with Crippen molar-refractivity contribution in [3.05, 3.63) is 51.8 Å². The minimum atomic E-state index is -0.0848. The zero-order valence-corrected chi connectivity index (χ0v) is 10.9. The summed E-state index contributed by atoms with van der Waals surface area (Å²) in [7, 11) is 0. The lowest BCUT2D eigenvalue weighted by Crippen LogP contribution is -2.23. The molecule has 0 atom stereocenters. The number of benzene rings is 1. The number of rotatable bonds is 3. The van der Waals surface area contributed by atoms with Gasteiger partial charge in [-0.2, -0.15) is 5.10 Å². The molecule has 88 valence electrons. The van der Waals surface area contributed by atoms with E-state index in [-0.39, 0.29) is 5.91 Å². The number of hydrogen-bond donors (Lipinski definition) is 2. The van der Waals surface area contributed by atoms with Gasteiger partial charge in [0.15, 0.2) is 0 Å². The molecular formula is C12H12BrN3O. The quantitative estimate of drug-likeness (QED) is 0.913. The third-order valence-electron chi connectivity index (χ3n) is 2.44. The van der Waals surface area contributed by atoms with Crippen molar-refractivity contribution in [3.8, 4) is 0 Å². The van der Waals surface area contributed by atoms with Gasteiger partial charge in [0.25, 0.3) is 5.91 Å². The molecule has 0 radical (unpaired) electrons. The van der Waals surface area contributed by atoms with Crippen LogP contribution in [-0.2, 0) is 6.54 Å². The minimum absolute atomic E-state index is 0.0848. The molecule has 0 aliphatic heterocycles. The van der Waals surface area contributed by atoms with E-state index >= 15 is 0 Å². The smallest absolute Gasteiger partial charge is 0.251 e. The molecule has 0 spiro atoms. The van der Waals surface area contributed by atoms with Crippen LogP contribution in [0, 0.1) is 6.92 Å². The zero-order chi connectivity index (χ0) is 12.3. The maximum Gasteiger partial charge on any atom is 0.251 e. The molecule has 0 unspecified atom stereocenters. The van der Waals surface area contributed by atoms with Crippen molar-refractivity contribution in [2.45, 2.75) is 13.5 Å². The van der Waals surface area contributed by atoms with E-state index in [0.29, 0.717) is 12.1 Å². The Kier molecular flexibility index (Phi) is 3.58. The van der Waals surface area contributed by atoms with Gasteiger partial charge in [0, 0.05) is 16.2 Å². The molecule has 4 nitrogen and oxygen atoms in total. The number of carbonyl (C=O) groups is 1. The zero-order valence-electron chi connectivity index (χ0n) is 9.33. The Labute approximate surface area is 108 Å². The Hall–Kier alpha value is -1.62. The van der Waals surface area contributed by atoms with E-state index in [0.717, 1.165) is 15.7 Å². The second kappa shape index (κ2) is 5.14. The molecule has 1 heterocycles. The number of nitrogens with one attached hydrogen (secondary N) is 2. The Morgan fingerprint density at radius 3 is 3.00 bits per heavy atom. The molecule has 0 aliphatic rings. The number of hydrogen-bond acceptors (Lipinski definition) is 2. The summed E-state index contributed by atoms with van der Waals surface area (Å²) >= 11 is 3.36. The van der Waals surface area contributed by atoms with Gasteiger partial charge in [-0.3, -0.25) is 9.89 Å². The number of amides is 1. The Balaban J connectivity index is 2.07. The standard InChI is InChI=1S/C12H12BrN3O/c1-8-2-3-9(13)6-11(8)12(17)14-7-10-4-5-15-16-10/h2-6H,7H2,1H3,(H,14,17)(H,15,16). The summed E-state index contributed by atoms with van der Waals surface area (Å²) in [6.45, 7) is 2.36. The number of aromatic amines is 1. The second-order valence-electron chi connectivity index (χ2n) is 3.72. The van der Waals surface area contributed by atoms with E-state index < -0.39 is 0 Å². The van der Waals surface area contributed by atoms with Crippen LogP contribution in [0.3, 0.4) is 0 Å².